The van der Waals surface area contributed by atoms with Crippen LogP contribution in [0.25, 0.3) is 0 Å². The van der Waals surface area contributed by atoms with E-state index in [-0.39, 0.29) is 22.0 Å². The Morgan fingerprint density at radius 3 is 1.15 bits per heavy atom. The third-order valence-corrected chi connectivity index (χ3v) is 4.62. The monoisotopic (exact) mass is 574 g/mol. The summed E-state index contributed by atoms with van der Waals surface area (Å²) < 4.78 is 19.8. The van der Waals surface area contributed by atoms with Crippen molar-refractivity contribution in [3.8, 4) is 0 Å². The van der Waals surface area contributed by atoms with E-state index in [1.165, 1.54) is 27.7 Å². The molecule has 2 atom stereocenters. The molecule has 0 saturated heterocycles. The van der Waals surface area contributed by atoms with E-state index in [1.807, 2.05) is 27.7 Å². The average Bonchev–Trinajstić information content (AvgIpc) is 2.68. The molecule has 0 radical (unpaired) electrons. The van der Waals surface area contributed by atoms with Gasteiger partial charge in [0.2, 0.25) is 12.6 Å². The molecule has 0 aromatic heterocycles. The molecule has 2 unspecified atom stereocenters. The summed E-state index contributed by atoms with van der Waals surface area (Å²) in [6.45, 7) is 25.5. The van der Waals surface area contributed by atoms with E-state index in [4.69, 9.17) is 38.5 Å². The van der Waals surface area contributed by atoms with E-state index in [0.29, 0.717) is 12.8 Å². The SMILES string of the molecule is C/C(=C\OOC(C)(C)CC(C)(C)C)C(=O)OC(C)OC(=O)OC(C)OC(=O)/C(C)=C/OOC(C)(C)CC(C)(C)C. The zero-order valence-electron chi connectivity index (χ0n) is 26.7. The van der Waals surface area contributed by atoms with Crippen molar-refractivity contribution >= 4 is 18.1 Å². The summed E-state index contributed by atoms with van der Waals surface area (Å²) in [4.78, 5) is 57.4. The van der Waals surface area contributed by atoms with Crippen LogP contribution in [-0.2, 0) is 48.1 Å². The smallest absolute Gasteiger partial charge is 0.422 e. The van der Waals surface area contributed by atoms with Gasteiger partial charge < -0.3 is 28.7 Å². The quantitative estimate of drug-likeness (QED) is 0.0529. The van der Waals surface area contributed by atoms with Crippen LogP contribution in [-0.4, -0.2) is 41.9 Å². The Hall–Kier alpha value is -2.79. The Balaban J connectivity index is 4.61. The highest BCUT2D eigenvalue weighted by Gasteiger charge is 2.29. The average molecular weight is 575 g/mol. The molecule has 0 aromatic carbocycles. The first-order valence-corrected chi connectivity index (χ1v) is 13.2. The molecule has 0 saturated carbocycles. The van der Waals surface area contributed by atoms with Crippen LogP contribution in [0.3, 0.4) is 0 Å². The van der Waals surface area contributed by atoms with E-state index in [2.05, 4.69) is 41.5 Å². The molecule has 0 heterocycles. The summed E-state index contributed by atoms with van der Waals surface area (Å²) in [7, 11) is 0. The minimum absolute atomic E-state index is 0.0177. The van der Waals surface area contributed by atoms with Gasteiger partial charge in [0.15, 0.2) is 0 Å². The van der Waals surface area contributed by atoms with Crippen LogP contribution in [0.5, 0.6) is 0 Å². The minimum Gasteiger partial charge on any atom is -0.422 e. The van der Waals surface area contributed by atoms with Gasteiger partial charge in [-0.1, -0.05) is 41.5 Å². The van der Waals surface area contributed by atoms with Crippen LogP contribution in [0, 0.1) is 10.8 Å². The molecule has 0 aliphatic heterocycles. The Labute approximate surface area is 239 Å². The largest absolute Gasteiger partial charge is 0.514 e. The summed E-state index contributed by atoms with van der Waals surface area (Å²) in [5.74, 6) is -1.60. The van der Waals surface area contributed by atoms with E-state index < -0.39 is 41.9 Å². The van der Waals surface area contributed by atoms with E-state index in [0.717, 1.165) is 12.5 Å². The molecule has 0 aliphatic carbocycles. The number of hydrogen-bond acceptors (Lipinski definition) is 11. The van der Waals surface area contributed by atoms with Gasteiger partial charge in [0, 0.05) is 13.8 Å². The predicted molar refractivity (Wildman–Crippen MR) is 147 cm³/mol. The fraction of sp³-hybridized carbons (Fsp3) is 0.759. The molecule has 0 amide bonds. The van der Waals surface area contributed by atoms with Crippen molar-refractivity contribution in [1.29, 1.82) is 0 Å². The Kier molecular flexibility index (Phi) is 14.2. The maximum absolute atomic E-state index is 12.2. The third kappa shape index (κ3) is 18.5. The highest BCUT2D eigenvalue weighted by molar-refractivity contribution is 5.88. The summed E-state index contributed by atoms with van der Waals surface area (Å²) in [5, 5.41) is 0. The molecule has 0 spiro atoms. The van der Waals surface area contributed by atoms with E-state index >= 15 is 0 Å². The summed E-state index contributed by atoms with van der Waals surface area (Å²) >= 11 is 0. The molecule has 40 heavy (non-hydrogen) atoms. The maximum Gasteiger partial charge on any atom is 0.514 e. The van der Waals surface area contributed by atoms with Crippen LogP contribution < -0.4 is 0 Å². The zero-order valence-corrected chi connectivity index (χ0v) is 26.7. The van der Waals surface area contributed by atoms with E-state index in [1.54, 1.807) is 0 Å². The van der Waals surface area contributed by atoms with Gasteiger partial charge in [-0.05, 0) is 65.2 Å². The lowest BCUT2D eigenvalue weighted by Gasteiger charge is -2.30. The lowest BCUT2D eigenvalue weighted by Crippen LogP contribution is -2.30. The number of hydrogen-bond donors (Lipinski definition) is 0. The fourth-order valence-corrected chi connectivity index (χ4v) is 4.00. The van der Waals surface area contributed by atoms with Crippen LogP contribution >= 0.6 is 0 Å². The highest BCUT2D eigenvalue weighted by Crippen LogP contribution is 2.30. The van der Waals surface area contributed by atoms with Crippen LogP contribution in [0.1, 0.15) is 110 Å². The van der Waals surface area contributed by atoms with Crippen molar-refractivity contribution in [2.24, 2.45) is 10.8 Å². The first kappa shape index (κ1) is 37.2. The Bertz CT molecular complexity index is 830. The standard InChI is InChI=1S/C29H50O11/c1-19(15-33-39-28(11,12)17-26(5,6)7)23(30)35-21(3)37-25(32)38-22(4)36-24(31)20(2)16-34-40-29(13,14)18-27(8,9)10/h15-16,21-22H,17-18H2,1-14H3/b19-15+,20-16+. The topological polar surface area (TPSA) is 125 Å². The zero-order chi connectivity index (χ0) is 31.5. The van der Waals surface area contributed by atoms with Gasteiger partial charge in [-0.25, -0.2) is 14.4 Å². The first-order valence-electron chi connectivity index (χ1n) is 13.2. The molecule has 0 rings (SSSR count). The number of ether oxygens (including phenoxy) is 4. The Morgan fingerprint density at radius 1 is 0.575 bits per heavy atom. The predicted octanol–water partition coefficient (Wildman–Crippen LogP) is 7.05. The number of esters is 2. The molecule has 0 aliphatic rings. The summed E-state index contributed by atoms with van der Waals surface area (Å²) in [5.41, 5.74) is -0.983. The van der Waals surface area contributed by atoms with Gasteiger partial charge in [-0.2, -0.15) is 9.78 Å². The summed E-state index contributed by atoms with van der Waals surface area (Å²) in [6.07, 6.45) is -0.166. The second-order valence-corrected chi connectivity index (χ2v) is 13.4. The molecule has 11 nitrogen and oxygen atoms in total. The molecular weight excluding hydrogens is 524 g/mol. The van der Waals surface area contributed by atoms with Crippen molar-refractivity contribution < 1.29 is 52.9 Å². The second kappa shape index (κ2) is 15.3. The van der Waals surface area contributed by atoms with Gasteiger partial charge in [-0.3, -0.25) is 0 Å². The van der Waals surface area contributed by atoms with E-state index in [9.17, 15) is 14.4 Å². The van der Waals surface area contributed by atoms with Gasteiger partial charge >= 0.3 is 18.1 Å². The molecular formula is C29H50O11. The fourth-order valence-electron chi connectivity index (χ4n) is 4.00. The maximum atomic E-state index is 12.2. The first-order chi connectivity index (χ1) is 17.9. The molecule has 0 bridgehead atoms. The van der Waals surface area contributed by atoms with Gasteiger partial charge in [0.05, 0.1) is 11.1 Å². The van der Waals surface area contributed by atoms with Crippen molar-refractivity contribution in [3.63, 3.8) is 0 Å². The van der Waals surface area contributed by atoms with Crippen LogP contribution in [0.2, 0.25) is 0 Å². The van der Waals surface area contributed by atoms with Gasteiger partial charge in [-0.15, -0.1) is 0 Å². The van der Waals surface area contributed by atoms with Crippen LogP contribution in [0.4, 0.5) is 4.79 Å². The number of carbonyl (C=O) groups excluding carboxylic acids is 3. The molecule has 0 N–H and O–H groups in total. The summed E-state index contributed by atoms with van der Waals surface area (Å²) in [6, 6.07) is 0. The lowest BCUT2D eigenvalue weighted by atomic mass is 9.84. The minimum atomic E-state index is -1.30. The Morgan fingerprint density at radius 2 is 0.875 bits per heavy atom. The van der Waals surface area contributed by atoms with Crippen molar-refractivity contribution in [1.82, 2.24) is 0 Å². The molecule has 0 fully saturated rings. The van der Waals surface area contributed by atoms with Crippen LogP contribution in [0.15, 0.2) is 23.7 Å². The number of rotatable bonds is 14. The third-order valence-electron chi connectivity index (χ3n) is 4.62. The molecule has 0 aromatic rings. The number of carbonyl (C=O) groups is 3. The van der Waals surface area contributed by atoms with Crippen molar-refractivity contribution in [2.45, 2.75) is 134 Å². The second-order valence-electron chi connectivity index (χ2n) is 13.4. The molecule has 11 heteroatoms. The highest BCUT2D eigenvalue weighted by atomic mass is 17.2. The van der Waals surface area contributed by atoms with Crippen molar-refractivity contribution in [2.75, 3.05) is 0 Å². The van der Waals surface area contributed by atoms with Gasteiger partial charge in [0.1, 0.15) is 23.7 Å². The molecule has 232 valence electrons. The lowest BCUT2D eigenvalue weighted by molar-refractivity contribution is -0.322. The van der Waals surface area contributed by atoms with Crippen molar-refractivity contribution in [3.05, 3.63) is 23.7 Å². The van der Waals surface area contributed by atoms with Gasteiger partial charge in [0.25, 0.3) is 0 Å². The normalized spacial score (nSPS) is 15.1.